The first-order chi connectivity index (χ1) is 24.3. The van der Waals surface area contributed by atoms with Crippen LogP contribution in [0.4, 0.5) is 0 Å². The summed E-state index contributed by atoms with van der Waals surface area (Å²) in [6, 6.07) is 63.7. The van der Waals surface area contributed by atoms with Crippen molar-refractivity contribution >= 4 is 32.6 Å². The number of imidazole rings is 1. The minimum Gasteiger partial charge on any atom is -0.296 e. The highest BCUT2D eigenvalue weighted by molar-refractivity contribution is 6.22. The summed E-state index contributed by atoms with van der Waals surface area (Å²) in [7, 11) is 0. The van der Waals surface area contributed by atoms with Gasteiger partial charge in [0.15, 0.2) is 0 Å². The number of benzene rings is 8. The molecule has 0 radical (unpaired) electrons. The first-order valence-corrected chi connectivity index (χ1v) is 17.0. The number of nitrogens with zero attached hydrogens (tertiary/aromatic N) is 2. The highest BCUT2D eigenvalue weighted by atomic mass is 15.1. The normalized spacial score (nSPS) is 11.4. The standard InChI is InChI=1S/C47H34N2/c1-2-45-48-43-23-13-14-24-44(43)49(45)36-28-25-34(26-29-36)46-38-19-9-11-21-40(38)47(41-22-12-10-20-39(41)46)42-31-35(32-15-5-3-6-16-32)27-30-37(42)33-17-7-4-8-18-33/h3-31H,2H2,1H3. The Labute approximate surface area is 286 Å². The van der Waals surface area contributed by atoms with Gasteiger partial charge >= 0.3 is 0 Å². The van der Waals surface area contributed by atoms with E-state index in [0.29, 0.717) is 0 Å². The molecule has 0 atom stereocenters. The number of aromatic nitrogens is 2. The summed E-state index contributed by atoms with van der Waals surface area (Å²) in [5, 5.41) is 4.99. The second kappa shape index (κ2) is 12.1. The van der Waals surface area contributed by atoms with Gasteiger partial charge in [-0.2, -0.15) is 0 Å². The van der Waals surface area contributed by atoms with E-state index >= 15 is 0 Å². The molecule has 0 saturated heterocycles. The van der Waals surface area contributed by atoms with Crippen LogP contribution in [0.3, 0.4) is 0 Å². The highest BCUT2D eigenvalue weighted by Gasteiger charge is 2.20. The fourth-order valence-electron chi connectivity index (χ4n) is 7.54. The average molecular weight is 627 g/mol. The zero-order chi connectivity index (χ0) is 32.7. The quantitative estimate of drug-likeness (QED) is 0.168. The van der Waals surface area contributed by atoms with Crippen molar-refractivity contribution in [2.24, 2.45) is 0 Å². The lowest BCUT2D eigenvalue weighted by Crippen LogP contribution is -2.00. The molecule has 2 nitrogen and oxygen atoms in total. The maximum absolute atomic E-state index is 4.93. The van der Waals surface area contributed by atoms with E-state index in [0.717, 1.165) is 29.0 Å². The van der Waals surface area contributed by atoms with Crippen LogP contribution in [0.15, 0.2) is 176 Å². The molecular weight excluding hydrogens is 593 g/mol. The monoisotopic (exact) mass is 626 g/mol. The molecule has 0 N–H and O–H groups in total. The van der Waals surface area contributed by atoms with Gasteiger partial charge < -0.3 is 0 Å². The van der Waals surface area contributed by atoms with Crippen LogP contribution >= 0.6 is 0 Å². The number of hydrogen-bond acceptors (Lipinski definition) is 1. The third kappa shape index (κ3) is 4.92. The molecular formula is C47H34N2. The highest BCUT2D eigenvalue weighted by Crippen LogP contribution is 2.47. The van der Waals surface area contributed by atoms with Gasteiger partial charge in [-0.15, -0.1) is 0 Å². The molecule has 0 aliphatic heterocycles. The van der Waals surface area contributed by atoms with Gasteiger partial charge in [-0.3, -0.25) is 4.57 Å². The molecule has 2 heteroatoms. The Kier molecular flexibility index (Phi) is 7.13. The van der Waals surface area contributed by atoms with Gasteiger partial charge in [0, 0.05) is 12.1 Å². The van der Waals surface area contributed by atoms with E-state index in [1.165, 1.54) is 66.1 Å². The van der Waals surface area contributed by atoms with E-state index in [1.807, 2.05) is 0 Å². The van der Waals surface area contributed by atoms with Crippen LogP contribution in [0.25, 0.3) is 82.8 Å². The van der Waals surface area contributed by atoms with Crippen molar-refractivity contribution < 1.29 is 0 Å². The molecule has 9 aromatic rings. The van der Waals surface area contributed by atoms with E-state index in [9.17, 15) is 0 Å². The molecule has 9 rings (SSSR count). The van der Waals surface area contributed by atoms with Crippen LogP contribution in [-0.2, 0) is 6.42 Å². The Morgan fingerprint density at radius 2 is 0.959 bits per heavy atom. The van der Waals surface area contributed by atoms with E-state index in [4.69, 9.17) is 4.98 Å². The number of hydrogen-bond donors (Lipinski definition) is 0. The smallest absolute Gasteiger partial charge is 0.114 e. The second-order valence-electron chi connectivity index (χ2n) is 12.6. The molecule has 0 spiro atoms. The molecule has 0 amide bonds. The fraction of sp³-hybridized carbons (Fsp3) is 0.0426. The molecule has 0 aliphatic rings. The van der Waals surface area contributed by atoms with Crippen LogP contribution in [0.2, 0.25) is 0 Å². The van der Waals surface area contributed by atoms with Crippen molar-refractivity contribution in [1.29, 1.82) is 0 Å². The van der Waals surface area contributed by atoms with Crippen molar-refractivity contribution in [3.05, 3.63) is 182 Å². The van der Waals surface area contributed by atoms with Gasteiger partial charge in [-0.25, -0.2) is 4.98 Å². The third-order valence-corrected chi connectivity index (χ3v) is 9.77. The summed E-state index contributed by atoms with van der Waals surface area (Å²) in [6.45, 7) is 2.17. The largest absolute Gasteiger partial charge is 0.296 e. The Bertz CT molecular complexity index is 2560. The molecule has 0 saturated carbocycles. The number of aryl methyl sites for hydroxylation is 1. The van der Waals surface area contributed by atoms with E-state index < -0.39 is 0 Å². The van der Waals surface area contributed by atoms with Crippen LogP contribution in [-0.4, -0.2) is 9.55 Å². The van der Waals surface area contributed by atoms with Crippen molar-refractivity contribution in [3.63, 3.8) is 0 Å². The van der Waals surface area contributed by atoms with Crippen molar-refractivity contribution in [2.45, 2.75) is 13.3 Å². The van der Waals surface area contributed by atoms with Crippen molar-refractivity contribution in [2.75, 3.05) is 0 Å². The molecule has 0 unspecified atom stereocenters. The van der Waals surface area contributed by atoms with E-state index in [-0.39, 0.29) is 0 Å². The predicted octanol–water partition coefficient (Wildman–Crippen LogP) is 12.6. The minimum absolute atomic E-state index is 0.865. The molecule has 1 heterocycles. The topological polar surface area (TPSA) is 17.8 Å². The third-order valence-electron chi connectivity index (χ3n) is 9.77. The summed E-state index contributed by atoms with van der Waals surface area (Å²) in [5.74, 6) is 1.07. The van der Waals surface area contributed by atoms with Crippen molar-refractivity contribution in [3.8, 4) is 50.2 Å². The maximum atomic E-state index is 4.93. The zero-order valence-corrected chi connectivity index (χ0v) is 27.3. The Morgan fingerprint density at radius 1 is 0.429 bits per heavy atom. The maximum Gasteiger partial charge on any atom is 0.114 e. The lowest BCUT2D eigenvalue weighted by atomic mass is 9.83. The van der Waals surface area contributed by atoms with Gasteiger partial charge in [0.2, 0.25) is 0 Å². The SMILES string of the molecule is CCc1nc2ccccc2n1-c1ccc(-c2c3ccccc3c(-c3cc(-c4ccccc4)ccc3-c3ccccc3)c3ccccc23)cc1. The molecule has 0 aliphatic carbocycles. The molecule has 0 fully saturated rings. The van der Waals surface area contributed by atoms with Gasteiger partial charge in [0.25, 0.3) is 0 Å². The Balaban J connectivity index is 1.29. The lowest BCUT2D eigenvalue weighted by Gasteiger charge is -2.21. The van der Waals surface area contributed by atoms with Gasteiger partial charge in [0.05, 0.1) is 11.0 Å². The molecule has 49 heavy (non-hydrogen) atoms. The zero-order valence-electron chi connectivity index (χ0n) is 27.3. The second-order valence-corrected chi connectivity index (χ2v) is 12.6. The van der Waals surface area contributed by atoms with E-state index in [2.05, 4.69) is 187 Å². The Hall–Kier alpha value is -6.25. The first kappa shape index (κ1) is 28.9. The summed E-state index contributed by atoms with van der Waals surface area (Å²) in [5.41, 5.74) is 13.1. The average Bonchev–Trinajstić information content (AvgIpc) is 3.56. The first-order valence-electron chi connectivity index (χ1n) is 17.0. The summed E-state index contributed by atoms with van der Waals surface area (Å²) in [4.78, 5) is 4.93. The lowest BCUT2D eigenvalue weighted by molar-refractivity contribution is 0.908. The van der Waals surface area contributed by atoms with Gasteiger partial charge in [-0.05, 0) is 96.4 Å². The summed E-state index contributed by atoms with van der Waals surface area (Å²) in [6.07, 6.45) is 0.865. The van der Waals surface area contributed by atoms with Crippen molar-refractivity contribution in [1.82, 2.24) is 9.55 Å². The predicted molar refractivity (Wildman–Crippen MR) is 207 cm³/mol. The number of para-hydroxylation sites is 2. The van der Waals surface area contributed by atoms with Crippen LogP contribution in [0.5, 0.6) is 0 Å². The van der Waals surface area contributed by atoms with Gasteiger partial charge in [0.1, 0.15) is 5.82 Å². The van der Waals surface area contributed by atoms with Crippen LogP contribution in [0, 0.1) is 0 Å². The molecule has 232 valence electrons. The van der Waals surface area contributed by atoms with Gasteiger partial charge in [-0.1, -0.05) is 153 Å². The summed E-state index contributed by atoms with van der Waals surface area (Å²) >= 11 is 0. The molecule has 1 aromatic heterocycles. The van der Waals surface area contributed by atoms with Crippen LogP contribution < -0.4 is 0 Å². The fourth-order valence-corrected chi connectivity index (χ4v) is 7.54. The summed E-state index contributed by atoms with van der Waals surface area (Å²) < 4.78 is 2.29. The number of rotatable bonds is 6. The Morgan fingerprint density at radius 3 is 1.59 bits per heavy atom. The molecule has 0 bridgehead atoms. The molecule has 8 aromatic carbocycles. The van der Waals surface area contributed by atoms with Crippen LogP contribution in [0.1, 0.15) is 12.7 Å². The number of fused-ring (bicyclic) bond motifs is 3. The van der Waals surface area contributed by atoms with E-state index in [1.54, 1.807) is 0 Å². The minimum atomic E-state index is 0.865.